The van der Waals surface area contributed by atoms with Crippen LogP contribution in [0.25, 0.3) is 0 Å². The van der Waals surface area contributed by atoms with Gasteiger partial charge in [0.25, 0.3) is 5.69 Å². The maximum absolute atomic E-state index is 10.6. The lowest BCUT2D eigenvalue weighted by atomic mass is 9.64. The molecule has 3 heteroatoms. The number of rotatable bonds is 3. The van der Waals surface area contributed by atoms with Crippen LogP contribution in [0.2, 0.25) is 0 Å². The van der Waals surface area contributed by atoms with Crippen LogP contribution >= 0.6 is 0 Å². The second kappa shape index (κ2) is 3.89. The van der Waals surface area contributed by atoms with Gasteiger partial charge in [0.1, 0.15) is 0 Å². The SMILES string of the molecule is CC(C)(c1ccc([N+](=O)[O-])cc1)C1CCC1. The van der Waals surface area contributed by atoms with Crippen LogP contribution in [0.3, 0.4) is 0 Å². The highest BCUT2D eigenvalue weighted by Crippen LogP contribution is 2.43. The normalized spacial score (nSPS) is 16.9. The Hall–Kier alpha value is -1.38. The van der Waals surface area contributed by atoms with Crippen molar-refractivity contribution in [3.8, 4) is 0 Å². The molecule has 0 heterocycles. The molecule has 1 aromatic rings. The number of nitro groups is 1. The molecule has 0 aliphatic heterocycles. The standard InChI is InChI=1S/C13H17NO2/c1-13(2,10-4-3-5-10)11-6-8-12(9-7-11)14(15)16/h6-10H,3-5H2,1-2H3. The molecule has 1 aromatic carbocycles. The molecule has 1 fully saturated rings. The van der Waals surface area contributed by atoms with E-state index < -0.39 is 0 Å². The lowest BCUT2D eigenvalue weighted by Crippen LogP contribution is -2.33. The third-order valence-corrected chi connectivity index (χ3v) is 3.95. The Kier molecular flexibility index (Phi) is 2.70. The summed E-state index contributed by atoms with van der Waals surface area (Å²) in [6.45, 7) is 4.47. The number of non-ortho nitro benzene ring substituents is 1. The maximum Gasteiger partial charge on any atom is 0.269 e. The van der Waals surface area contributed by atoms with Crippen LogP contribution in [0.15, 0.2) is 24.3 Å². The van der Waals surface area contributed by atoms with Gasteiger partial charge in [0.05, 0.1) is 4.92 Å². The largest absolute Gasteiger partial charge is 0.269 e. The van der Waals surface area contributed by atoms with Crippen LogP contribution in [0.4, 0.5) is 5.69 Å². The summed E-state index contributed by atoms with van der Waals surface area (Å²) in [5.41, 5.74) is 1.53. The molecule has 0 aromatic heterocycles. The Bertz CT molecular complexity index is 391. The zero-order valence-electron chi connectivity index (χ0n) is 9.77. The van der Waals surface area contributed by atoms with Gasteiger partial charge in [-0.25, -0.2) is 0 Å². The fraction of sp³-hybridized carbons (Fsp3) is 0.538. The van der Waals surface area contributed by atoms with Crippen LogP contribution in [0, 0.1) is 16.0 Å². The van der Waals surface area contributed by atoms with E-state index in [1.807, 2.05) is 12.1 Å². The van der Waals surface area contributed by atoms with Gasteiger partial charge in [0, 0.05) is 12.1 Å². The van der Waals surface area contributed by atoms with E-state index in [2.05, 4.69) is 13.8 Å². The first-order valence-electron chi connectivity index (χ1n) is 5.77. The second-order valence-corrected chi connectivity index (χ2v) is 5.15. The van der Waals surface area contributed by atoms with Crippen LogP contribution in [-0.2, 0) is 5.41 Å². The van der Waals surface area contributed by atoms with Gasteiger partial charge in [0.15, 0.2) is 0 Å². The molecule has 1 saturated carbocycles. The molecule has 1 aliphatic carbocycles. The zero-order valence-corrected chi connectivity index (χ0v) is 9.77. The topological polar surface area (TPSA) is 43.1 Å². The van der Waals surface area contributed by atoms with E-state index >= 15 is 0 Å². The van der Waals surface area contributed by atoms with Gasteiger partial charge in [-0.1, -0.05) is 32.4 Å². The number of nitro benzene ring substituents is 1. The van der Waals surface area contributed by atoms with E-state index in [1.54, 1.807) is 12.1 Å². The highest BCUT2D eigenvalue weighted by molar-refractivity contribution is 5.36. The molecule has 0 saturated heterocycles. The van der Waals surface area contributed by atoms with Crippen molar-refractivity contribution in [2.45, 2.75) is 38.5 Å². The van der Waals surface area contributed by atoms with E-state index in [1.165, 1.54) is 24.8 Å². The summed E-state index contributed by atoms with van der Waals surface area (Å²) in [7, 11) is 0. The summed E-state index contributed by atoms with van der Waals surface area (Å²) in [6.07, 6.45) is 3.88. The predicted molar refractivity (Wildman–Crippen MR) is 63.5 cm³/mol. The minimum atomic E-state index is -0.347. The van der Waals surface area contributed by atoms with Crippen molar-refractivity contribution in [1.29, 1.82) is 0 Å². The van der Waals surface area contributed by atoms with Gasteiger partial charge in [0.2, 0.25) is 0 Å². The molecular weight excluding hydrogens is 202 g/mol. The average Bonchev–Trinajstić information content (AvgIpc) is 2.14. The van der Waals surface area contributed by atoms with Crippen molar-refractivity contribution in [2.75, 3.05) is 0 Å². The highest BCUT2D eigenvalue weighted by atomic mass is 16.6. The van der Waals surface area contributed by atoms with Crippen LogP contribution in [0.5, 0.6) is 0 Å². The third kappa shape index (κ3) is 1.82. The molecule has 1 aliphatic rings. The van der Waals surface area contributed by atoms with Gasteiger partial charge in [-0.2, -0.15) is 0 Å². The molecule has 0 amide bonds. The third-order valence-electron chi connectivity index (χ3n) is 3.95. The quantitative estimate of drug-likeness (QED) is 0.575. The second-order valence-electron chi connectivity index (χ2n) is 5.15. The average molecular weight is 219 g/mol. The van der Waals surface area contributed by atoms with Crippen molar-refractivity contribution in [3.05, 3.63) is 39.9 Å². The fourth-order valence-electron chi connectivity index (χ4n) is 2.38. The summed E-state index contributed by atoms with van der Waals surface area (Å²) in [6, 6.07) is 7.01. The van der Waals surface area contributed by atoms with E-state index in [9.17, 15) is 10.1 Å². The summed E-state index contributed by atoms with van der Waals surface area (Å²) >= 11 is 0. The molecule has 0 bridgehead atoms. The molecular formula is C13H17NO2. The van der Waals surface area contributed by atoms with E-state index in [0.717, 1.165) is 5.92 Å². The minimum Gasteiger partial charge on any atom is -0.258 e. The summed E-state index contributed by atoms with van der Waals surface area (Å²) in [4.78, 5) is 10.2. The molecule has 86 valence electrons. The van der Waals surface area contributed by atoms with Gasteiger partial charge in [-0.05, 0) is 29.7 Å². The Labute approximate surface area is 95.6 Å². The first-order valence-corrected chi connectivity index (χ1v) is 5.77. The van der Waals surface area contributed by atoms with Crippen LogP contribution in [0.1, 0.15) is 38.7 Å². The molecule has 16 heavy (non-hydrogen) atoms. The van der Waals surface area contributed by atoms with Gasteiger partial charge in [-0.15, -0.1) is 0 Å². The number of benzene rings is 1. The molecule has 3 nitrogen and oxygen atoms in total. The Balaban J connectivity index is 2.23. The van der Waals surface area contributed by atoms with Crippen LogP contribution < -0.4 is 0 Å². The fourth-order valence-corrected chi connectivity index (χ4v) is 2.38. The first kappa shape index (κ1) is 11.1. The zero-order chi connectivity index (χ0) is 11.8. The van der Waals surface area contributed by atoms with Crippen molar-refractivity contribution in [1.82, 2.24) is 0 Å². The lowest BCUT2D eigenvalue weighted by Gasteiger charge is -2.40. The Morgan fingerprint density at radius 3 is 2.19 bits per heavy atom. The minimum absolute atomic E-state index is 0.146. The molecule has 0 atom stereocenters. The monoisotopic (exact) mass is 219 g/mol. The molecule has 0 radical (unpaired) electrons. The van der Waals surface area contributed by atoms with Crippen molar-refractivity contribution in [3.63, 3.8) is 0 Å². The Morgan fingerprint density at radius 1 is 1.25 bits per heavy atom. The van der Waals surface area contributed by atoms with E-state index in [0.29, 0.717) is 0 Å². The maximum atomic E-state index is 10.6. The number of hydrogen-bond donors (Lipinski definition) is 0. The van der Waals surface area contributed by atoms with Crippen molar-refractivity contribution in [2.24, 2.45) is 5.92 Å². The van der Waals surface area contributed by atoms with Gasteiger partial charge in [-0.3, -0.25) is 10.1 Å². The van der Waals surface area contributed by atoms with Crippen LogP contribution in [-0.4, -0.2) is 4.92 Å². The summed E-state index contributed by atoms with van der Waals surface area (Å²) < 4.78 is 0. The smallest absolute Gasteiger partial charge is 0.258 e. The van der Waals surface area contributed by atoms with Gasteiger partial charge < -0.3 is 0 Å². The van der Waals surface area contributed by atoms with E-state index in [4.69, 9.17) is 0 Å². The van der Waals surface area contributed by atoms with Gasteiger partial charge >= 0.3 is 0 Å². The Morgan fingerprint density at radius 2 is 1.81 bits per heavy atom. The van der Waals surface area contributed by atoms with Crippen molar-refractivity contribution < 1.29 is 4.92 Å². The van der Waals surface area contributed by atoms with Crippen molar-refractivity contribution >= 4 is 5.69 Å². The first-order chi connectivity index (χ1) is 7.51. The molecule has 0 spiro atoms. The number of nitrogens with zero attached hydrogens (tertiary/aromatic N) is 1. The predicted octanol–water partition coefficient (Wildman–Crippen LogP) is 3.67. The lowest BCUT2D eigenvalue weighted by molar-refractivity contribution is -0.384. The summed E-state index contributed by atoms with van der Waals surface area (Å²) in [5.74, 6) is 0.731. The molecule has 0 N–H and O–H groups in total. The van der Waals surface area contributed by atoms with E-state index in [-0.39, 0.29) is 16.0 Å². The molecule has 2 rings (SSSR count). The molecule has 0 unspecified atom stereocenters. The highest BCUT2D eigenvalue weighted by Gasteiger charge is 2.35. The number of hydrogen-bond acceptors (Lipinski definition) is 2. The summed E-state index contributed by atoms with van der Waals surface area (Å²) in [5, 5.41) is 10.6.